The fraction of sp³-hybridized carbons (Fsp3) is 0.214. The van der Waals surface area contributed by atoms with Gasteiger partial charge in [0.15, 0.2) is 0 Å². The number of rotatable bonds is 4. The van der Waals surface area contributed by atoms with Gasteiger partial charge in [-0.15, -0.1) is 5.11 Å². The van der Waals surface area contributed by atoms with Crippen molar-refractivity contribution in [3.8, 4) is 0 Å². The molecule has 0 unspecified atom stereocenters. The summed E-state index contributed by atoms with van der Waals surface area (Å²) in [6.45, 7) is 3.07. The number of carbonyl (C=O) groups excluding carboxylic acids is 3. The molecule has 0 aliphatic carbocycles. The predicted molar refractivity (Wildman–Crippen MR) is 72.8 cm³/mol. The van der Waals surface area contributed by atoms with E-state index in [-0.39, 0.29) is 24.0 Å². The molecule has 20 heavy (non-hydrogen) atoms. The van der Waals surface area contributed by atoms with Gasteiger partial charge in [-0.3, -0.25) is 14.4 Å². The number of amides is 2. The van der Waals surface area contributed by atoms with Crippen LogP contribution >= 0.6 is 0 Å². The number of anilines is 1. The van der Waals surface area contributed by atoms with E-state index in [9.17, 15) is 14.4 Å². The molecule has 2 rings (SSSR count). The summed E-state index contributed by atoms with van der Waals surface area (Å²) in [4.78, 5) is 33.8. The van der Waals surface area contributed by atoms with Gasteiger partial charge in [-0.1, -0.05) is 12.1 Å². The fourth-order valence-electron chi connectivity index (χ4n) is 1.86. The fourth-order valence-corrected chi connectivity index (χ4v) is 1.86. The molecular formula is C14H13N3O3. The van der Waals surface area contributed by atoms with Crippen LogP contribution < -0.4 is 5.32 Å². The lowest BCUT2D eigenvalue weighted by Gasteiger charge is -2.06. The molecule has 1 aliphatic heterocycles. The van der Waals surface area contributed by atoms with E-state index in [1.54, 1.807) is 31.2 Å². The van der Waals surface area contributed by atoms with Crippen molar-refractivity contribution in [2.75, 3.05) is 5.32 Å². The number of benzene rings is 1. The first-order valence-electron chi connectivity index (χ1n) is 6.04. The summed E-state index contributed by atoms with van der Waals surface area (Å²) < 4.78 is 0. The van der Waals surface area contributed by atoms with Crippen LogP contribution in [-0.2, 0) is 14.4 Å². The summed E-state index contributed by atoms with van der Waals surface area (Å²) in [6, 6.07) is 6.74. The summed E-state index contributed by atoms with van der Waals surface area (Å²) in [5.41, 5.74) is 2.30. The number of ketones is 1. The van der Waals surface area contributed by atoms with Crippen molar-refractivity contribution >= 4 is 28.9 Å². The van der Waals surface area contributed by atoms with Gasteiger partial charge in [-0.2, -0.15) is 5.11 Å². The highest BCUT2D eigenvalue weighted by Crippen LogP contribution is 2.27. The zero-order valence-electron chi connectivity index (χ0n) is 11.1. The number of carbonyl (C=O) groups is 3. The number of nitrogens with zero attached hydrogens (tertiary/aromatic N) is 2. The molecule has 1 heterocycles. The molecule has 2 amide bonds. The number of azo groups is 1. The second-order valence-electron chi connectivity index (χ2n) is 4.47. The van der Waals surface area contributed by atoms with Gasteiger partial charge < -0.3 is 5.32 Å². The monoisotopic (exact) mass is 271 g/mol. The molecule has 1 aromatic carbocycles. The molecule has 0 saturated carbocycles. The molecule has 6 nitrogen and oxygen atoms in total. The maximum Gasteiger partial charge on any atom is 0.297 e. The molecule has 0 atom stereocenters. The molecule has 0 radical (unpaired) electrons. The van der Waals surface area contributed by atoms with Crippen LogP contribution in [0.5, 0.6) is 0 Å². The van der Waals surface area contributed by atoms with E-state index in [1.807, 2.05) is 0 Å². The van der Waals surface area contributed by atoms with Crippen molar-refractivity contribution in [1.29, 1.82) is 0 Å². The lowest BCUT2D eigenvalue weighted by Crippen LogP contribution is -2.14. The van der Waals surface area contributed by atoms with Crippen molar-refractivity contribution in [2.24, 2.45) is 10.2 Å². The highest BCUT2D eigenvalue weighted by Gasteiger charge is 2.20. The second kappa shape index (κ2) is 5.56. The number of allylic oxidation sites excluding steroid dienone is 1. The first kappa shape index (κ1) is 13.8. The largest absolute Gasteiger partial charge is 0.326 e. The average Bonchev–Trinajstić information content (AvgIpc) is 2.69. The molecule has 0 fully saturated rings. The third-order valence-corrected chi connectivity index (χ3v) is 2.73. The maximum atomic E-state index is 11.5. The van der Waals surface area contributed by atoms with E-state index in [0.29, 0.717) is 22.5 Å². The molecular weight excluding hydrogens is 258 g/mol. The number of Topliss-reactive ketones (excluding diaryl/α,β-unsaturated/α-hetero) is 1. The van der Waals surface area contributed by atoms with E-state index in [0.717, 1.165) is 0 Å². The van der Waals surface area contributed by atoms with Crippen molar-refractivity contribution in [3.63, 3.8) is 0 Å². The Bertz CT molecular complexity index is 642. The highest BCUT2D eigenvalue weighted by molar-refractivity contribution is 6.22. The molecule has 0 saturated heterocycles. The maximum absolute atomic E-state index is 11.5. The quantitative estimate of drug-likeness (QED) is 0.852. The Morgan fingerprint density at radius 1 is 1.15 bits per heavy atom. The zero-order chi connectivity index (χ0) is 14.7. The van der Waals surface area contributed by atoms with Gasteiger partial charge in [0.05, 0.1) is 17.7 Å². The Morgan fingerprint density at radius 2 is 1.80 bits per heavy atom. The van der Waals surface area contributed by atoms with Crippen LogP contribution in [0.1, 0.15) is 25.8 Å². The Labute approximate surface area is 115 Å². The van der Waals surface area contributed by atoms with Crippen LogP contribution in [0.2, 0.25) is 0 Å². The van der Waals surface area contributed by atoms with Gasteiger partial charge >= 0.3 is 0 Å². The summed E-state index contributed by atoms with van der Waals surface area (Å²) in [7, 11) is 0. The zero-order valence-corrected chi connectivity index (χ0v) is 11.1. The van der Waals surface area contributed by atoms with E-state index < -0.39 is 0 Å². The van der Waals surface area contributed by atoms with Gasteiger partial charge in [0, 0.05) is 5.69 Å². The van der Waals surface area contributed by atoms with Crippen molar-refractivity contribution in [1.82, 2.24) is 0 Å². The molecule has 102 valence electrons. The smallest absolute Gasteiger partial charge is 0.297 e. The first-order valence-corrected chi connectivity index (χ1v) is 6.04. The van der Waals surface area contributed by atoms with Gasteiger partial charge in [-0.05, 0) is 31.5 Å². The molecule has 0 spiro atoms. The lowest BCUT2D eigenvalue weighted by molar-refractivity contribution is -0.124. The van der Waals surface area contributed by atoms with Crippen LogP contribution in [0.4, 0.5) is 5.69 Å². The third-order valence-electron chi connectivity index (χ3n) is 2.73. The summed E-state index contributed by atoms with van der Waals surface area (Å²) in [5, 5.41) is 9.82. The van der Waals surface area contributed by atoms with Gasteiger partial charge in [-0.25, -0.2) is 0 Å². The number of hydrogen-bond donors (Lipinski definition) is 1. The Balaban J connectivity index is 2.12. The minimum Gasteiger partial charge on any atom is -0.326 e. The van der Waals surface area contributed by atoms with E-state index in [4.69, 9.17) is 0 Å². The van der Waals surface area contributed by atoms with E-state index >= 15 is 0 Å². The van der Waals surface area contributed by atoms with Gasteiger partial charge in [0.25, 0.3) is 5.91 Å². The van der Waals surface area contributed by atoms with Gasteiger partial charge in [0.2, 0.25) is 5.91 Å². The minimum atomic E-state index is -0.365. The van der Waals surface area contributed by atoms with Crippen LogP contribution in [0.3, 0.4) is 0 Å². The van der Waals surface area contributed by atoms with E-state index in [2.05, 4.69) is 15.5 Å². The number of hydrogen-bond acceptors (Lipinski definition) is 4. The Kier molecular flexibility index (Phi) is 3.84. The normalized spacial score (nSPS) is 13.8. The van der Waals surface area contributed by atoms with Crippen LogP contribution in [0.25, 0.3) is 5.57 Å². The molecule has 1 aromatic rings. The minimum absolute atomic E-state index is 0.151. The number of nitrogens with one attached hydrogen (secondary N) is 1. The SMILES string of the molecule is CC(=O)CC(=O)Nc1ccc(C2=C(C)N=NC2=O)cc1. The first-order chi connectivity index (χ1) is 9.47. The summed E-state index contributed by atoms with van der Waals surface area (Å²) >= 11 is 0. The topological polar surface area (TPSA) is 88.0 Å². The lowest BCUT2D eigenvalue weighted by atomic mass is 10.0. The van der Waals surface area contributed by atoms with Crippen molar-refractivity contribution in [2.45, 2.75) is 20.3 Å². The third kappa shape index (κ3) is 3.03. The average molecular weight is 271 g/mol. The molecule has 1 aliphatic rings. The molecule has 0 aromatic heterocycles. The second-order valence-corrected chi connectivity index (χ2v) is 4.47. The Hall–Kier alpha value is -2.63. The Morgan fingerprint density at radius 3 is 2.30 bits per heavy atom. The van der Waals surface area contributed by atoms with Crippen LogP contribution in [0, 0.1) is 0 Å². The summed E-state index contributed by atoms with van der Waals surface area (Å²) in [5.74, 6) is -0.918. The van der Waals surface area contributed by atoms with Crippen LogP contribution in [-0.4, -0.2) is 17.6 Å². The van der Waals surface area contributed by atoms with Crippen molar-refractivity contribution in [3.05, 3.63) is 35.5 Å². The molecule has 6 heteroatoms. The predicted octanol–water partition coefficient (Wildman–Crippen LogP) is 2.33. The molecule has 0 bridgehead atoms. The van der Waals surface area contributed by atoms with Crippen LogP contribution in [0.15, 0.2) is 40.2 Å². The van der Waals surface area contributed by atoms with Crippen molar-refractivity contribution < 1.29 is 14.4 Å². The van der Waals surface area contributed by atoms with E-state index in [1.165, 1.54) is 6.92 Å². The molecule has 1 N–H and O–H groups in total. The summed E-state index contributed by atoms with van der Waals surface area (Å²) in [6.07, 6.45) is -0.151. The highest BCUT2D eigenvalue weighted by atomic mass is 16.2. The standard InChI is InChI=1S/C14H13N3O3/c1-8(18)7-12(19)15-11-5-3-10(4-6-11)13-9(2)16-17-14(13)20/h3-6H,7H2,1-2H3,(H,15,19). The van der Waals surface area contributed by atoms with Gasteiger partial charge in [0.1, 0.15) is 5.78 Å².